The maximum Gasteiger partial charge on any atom is 0.306 e. The highest BCUT2D eigenvalue weighted by Crippen LogP contribution is 2.10. The van der Waals surface area contributed by atoms with Gasteiger partial charge < -0.3 is 10.2 Å². The number of nitriles is 1. The quantitative estimate of drug-likeness (QED) is 0.617. The summed E-state index contributed by atoms with van der Waals surface area (Å²) in [5.74, 6) is -1.64. The van der Waals surface area contributed by atoms with E-state index >= 15 is 0 Å². The maximum atomic E-state index is 10.1. The van der Waals surface area contributed by atoms with Gasteiger partial charge in [0, 0.05) is 0 Å². The molecule has 0 spiro atoms. The van der Waals surface area contributed by atoms with E-state index in [4.69, 9.17) is 15.5 Å². The first kappa shape index (κ1) is 9.92. The van der Waals surface area contributed by atoms with E-state index in [-0.39, 0.29) is 6.42 Å². The van der Waals surface area contributed by atoms with Crippen molar-refractivity contribution in [1.29, 1.82) is 5.26 Å². The molecule has 0 rings (SSSR count). The van der Waals surface area contributed by atoms with Crippen LogP contribution in [0.4, 0.5) is 0 Å². The molecule has 0 fully saturated rings. The summed E-state index contributed by atoms with van der Waals surface area (Å²) in [7, 11) is 0. The number of hydrogen-bond acceptors (Lipinski definition) is 3. The molecule has 2 N–H and O–H groups in total. The van der Waals surface area contributed by atoms with E-state index in [1.807, 2.05) is 6.07 Å². The lowest BCUT2D eigenvalue weighted by atomic mass is 9.99. The van der Waals surface area contributed by atoms with Crippen molar-refractivity contribution >= 4 is 5.97 Å². The van der Waals surface area contributed by atoms with E-state index in [0.29, 0.717) is 6.42 Å². The Balaban J connectivity index is 3.91. The smallest absolute Gasteiger partial charge is 0.306 e. The van der Waals surface area contributed by atoms with Crippen LogP contribution in [0.15, 0.2) is 0 Å². The first-order valence-corrected chi connectivity index (χ1v) is 3.41. The molecule has 0 radical (unpaired) electrons. The lowest BCUT2D eigenvalue weighted by Crippen LogP contribution is -2.21. The fraction of sp³-hybridized carbons (Fsp3) is 0.714. The van der Waals surface area contributed by atoms with Crippen LogP contribution in [0, 0.1) is 17.2 Å². The summed E-state index contributed by atoms with van der Waals surface area (Å²) in [5, 5.41) is 25.7. The highest BCUT2D eigenvalue weighted by Gasteiger charge is 2.19. The normalized spacial score (nSPS) is 15.0. The van der Waals surface area contributed by atoms with E-state index in [9.17, 15) is 4.79 Å². The Morgan fingerprint density at radius 2 is 2.27 bits per heavy atom. The Morgan fingerprint density at radius 1 is 1.73 bits per heavy atom. The van der Waals surface area contributed by atoms with Crippen molar-refractivity contribution in [3.63, 3.8) is 0 Å². The van der Waals surface area contributed by atoms with Crippen LogP contribution >= 0.6 is 0 Å². The number of aliphatic carboxylic acids is 1. The summed E-state index contributed by atoms with van der Waals surface area (Å²) in [6.07, 6.45) is -0.917. The number of rotatable bonds is 4. The third-order valence-corrected chi connectivity index (χ3v) is 1.45. The molecule has 0 aliphatic heterocycles. The standard InChI is InChI=1S/C7H11NO3/c1-2-5(4-8)6(9)3-7(10)11/h5-6,9H,2-3H2,1H3,(H,10,11). The Hall–Kier alpha value is -1.08. The molecule has 4 nitrogen and oxygen atoms in total. The van der Waals surface area contributed by atoms with Crippen molar-refractivity contribution in [2.75, 3.05) is 0 Å². The molecule has 0 aliphatic carbocycles. The minimum atomic E-state index is -1.08. The molecule has 0 aromatic heterocycles. The van der Waals surface area contributed by atoms with Crippen molar-refractivity contribution in [2.45, 2.75) is 25.9 Å². The second-order valence-electron chi connectivity index (χ2n) is 2.31. The van der Waals surface area contributed by atoms with Crippen LogP contribution in [0.5, 0.6) is 0 Å². The first-order valence-electron chi connectivity index (χ1n) is 3.41. The van der Waals surface area contributed by atoms with Gasteiger partial charge in [-0.2, -0.15) is 5.26 Å². The molecular weight excluding hydrogens is 146 g/mol. The van der Waals surface area contributed by atoms with E-state index in [0.717, 1.165) is 0 Å². The van der Waals surface area contributed by atoms with E-state index < -0.39 is 18.0 Å². The molecule has 0 aliphatic rings. The molecule has 2 unspecified atom stereocenters. The van der Waals surface area contributed by atoms with Gasteiger partial charge in [-0.1, -0.05) is 6.92 Å². The van der Waals surface area contributed by atoms with Gasteiger partial charge in [0.15, 0.2) is 0 Å². The number of carboxylic acids is 1. The Bertz CT molecular complexity index is 173. The lowest BCUT2D eigenvalue weighted by Gasteiger charge is -2.11. The predicted molar refractivity (Wildman–Crippen MR) is 37.7 cm³/mol. The summed E-state index contributed by atoms with van der Waals surface area (Å²) in [5.41, 5.74) is 0. The largest absolute Gasteiger partial charge is 0.481 e. The number of aliphatic hydroxyl groups excluding tert-OH is 1. The Labute approximate surface area is 65.1 Å². The molecule has 0 bridgehead atoms. The minimum Gasteiger partial charge on any atom is -0.481 e. The lowest BCUT2D eigenvalue weighted by molar-refractivity contribution is -0.139. The van der Waals surface area contributed by atoms with Crippen LogP contribution in [-0.4, -0.2) is 22.3 Å². The van der Waals surface area contributed by atoms with Crippen LogP contribution in [0.1, 0.15) is 19.8 Å². The second kappa shape index (κ2) is 4.69. The van der Waals surface area contributed by atoms with Crippen molar-refractivity contribution in [3.8, 4) is 6.07 Å². The van der Waals surface area contributed by atoms with Gasteiger partial charge in [-0.15, -0.1) is 0 Å². The number of aliphatic hydroxyl groups is 1. The van der Waals surface area contributed by atoms with Crippen LogP contribution in [-0.2, 0) is 4.79 Å². The molecule has 0 aromatic rings. The van der Waals surface area contributed by atoms with Crippen LogP contribution in [0.25, 0.3) is 0 Å². The highest BCUT2D eigenvalue weighted by molar-refractivity contribution is 5.67. The molecule has 2 atom stereocenters. The molecule has 62 valence electrons. The number of carboxylic acid groups (broad SMARTS) is 1. The van der Waals surface area contributed by atoms with Gasteiger partial charge in [0.1, 0.15) is 0 Å². The minimum absolute atomic E-state index is 0.355. The van der Waals surface area contributed by atoms with Crippen LogP contribution in [0.2, 0.25) is 0 Å². The molecule has 4 heteroatoms. The van der Waals surface area contributed by atoms with Crippen molar-refractivity contribution in [2.24, 2.45) is 5.92 Å². The first-order chi connectivity index (χ1) is 5.11. The number of hydrogen-bond donors (Lipinski definition) is 2. The van der Waals surface area contributed by atoms with Crippen LogP contribution < -0.4 is 0 Å². The number of nitrogens with zero attached hydrogens (tertiary/aromatic N) is 1. The van der Waals surface area contributed by atoms with Gasteiger partial charge in [0.05, 0.1) is 24.5 Å². The summed E-state index contributed by atoms with van der Waals surface area (Å²) in [6, 6.07) is 1.84. The molecule has 0 saturated carbocycles. The van der Waals surface area contributed by atoms with Crippen molar-refractivity contribution < 1.29 is 15.0 Å². The maximum absolute atomic E-state index is 10.1. The molecular formula is C7H11NO3. The van der Waals surface area contributed by atoms with Crippen LogP contribution in [0.3, 0.4) is 0 Å². The zero-order chi connectivity index (χ0) is 8.85. The summed E-state index contributed by atoms with van der Waals surface area (Å²) >= 11 is 0. The Kier molecular flexibility index (Phi) is 4.23. The number of carbonyl (C=O) groups is 1. The van der Waals surface area contributed by atoms with E-state index in [1.54, 1.807) is 6.92 Å². The van der Waals surface area contributed by atoms with Gasteiger partial charge in [-0.05, 0) is 6.42 Å². The van der Waals surface area contributed by atoms with Gasteiger partial charge in [0.25, 0.3) is 0 Å². The Morgan fingerprint density at radius 3 is 2.55 bits per heavy atom. The third-order valence-electron chi connectivity index (χ3n) is 1.45. The zero-order valence-electron chi connectivity index (χ0n) is 6.32. The molecule has 0 amide bonds. The summed E-state index contributed by atoms with van der Waals surface area (Å²) < 4.78 is 0. The fourth-order valence-corrected chi connectivity index (χ4v) is 0.771. The van der Waals surface area contributed by atoms with Gasteiger partial charge in [-0.25, -0.2) is 0 Å². The van der Waals surface area contributed by atoms with Gasteiger partial charge >= 0.3 is 5.97 Å². The SMILES string of the molecule is CCC(C#N)C(O)CC(=O)O. The van der Waals surface area contributed by atoms with E-state index in [2.05, 4.69) is 0 Å². The zero-order valence-corrected chi connectivity index (χ0v) is 6.32. The molecule has 0 aromatic carbocycles. The summed E-state index contributed by atoms with van der Waals surface area (Å²) in [4.78, 5) is 10.1. The monoisotopic (exact) mass is 157 g/mol. The fourth-order valence-electron chi connectivity index (χ4n) is 0.771. The van der Waals surface area contributed by atoms with Gasteiger partial charge in [-0.3, -0.25) is 4.79 Å². The second-order valence-corrected chi connectivity index (χ2v) is 2.31. The van der Waals surface area contributed by atoms with E-state index in [1.165, 1.54) is 0 Å². The van der Waals surface area contributed by atoms with Crippen molar-refractivity contribution in [3.05, 3.63) is 0 Å². The molecule has 0 saturated heterocycles. The average Bonchev–Trinajstić information content (AvgIpc) is 1.88. The van der Waals surface area contributed by atoms with Crippen molar-refractivity contribution in [1.82, 2.24) is 0 Å². The van der Waals surface area contributed by atoms with Gasteiger partial charge in [0.2, 0.25) is 0 Å². The average molecular weight is 157 g/mol. The topological polar surface area (TPSA) is 81.3 Å². The highest BCUT2D eigenvalue weighted by atomic mass is 16.4. The predicted octanol–water partition coefficient (Wildman–Crippen LogP) is 0.372. The summed E-state index contributed by atoms with van der Waals surface area (Å²) in [6.45, 7) is 1.74. The molecule has 11 heavy (non-hydrogen) atoms. The third kappa shape index (κ3) is 3.58. The molecule has 0 heterocycles.